The maximum absolute atomic E-state index is 12.8. The fourth-order valence-electron chi connectivity index (χ4n) is 2.34. The lowest BCUT2D eigenvalue weighted by Crippen LogP contribution is -2.47. The van der Waals surface area contributed by atoms with Crippen LogP contribution in [0, 0.1) is 6.92 Å². The van der Waals surface area contributed by atoms with Gasteiger partial charge < -0.3 is 15.0 Å². The van der Waals surface area contributed by atoms with Gasteiger partial charge in [0.15, 0.2) is 5.69 Å². The van der Waals surface area contributed by atoms with Crippen molar-refractivity contribution in [2.45, 2.75) is 46.7 Å². The van der Waals surface area contributed by atoms with Crippen molar-refractivity contribution in [3.8, 4) is 0 Å². The van der Waals surface area contributed by atoms with Gasteiger partial charge in [0.2, 0.25) is 0 Å². The van der Waals surface area contributed by atoms with Crippen molar-refractivity contribution >= 4 is 29.0 Å². The van der Waals surface area contributed by atoms with Crippen molar-refractivity contribution in [3.05, 3.63) is 45.9 Å². The van der Waals surface area contributed by atoms with E-state index in [1.165, 1.54) is 11.3 Å². The van der Waals surface area contributed by atoms with E-state index < -0.39 is 11.5 Å². The van der Waals surface area contributed by atoms with E-state index in [0.717, 1.165) is 11.3 Å². The Kier molecular flexibility index (Phi) is 6.37. The molecule has 0 spiro atoms. The molecule has 0 unspecified atom stereocenters. The van der Waals surface area contributed by atoms with Crippen LogP contribution in [-0.2, 0) is 11.3 Å². The number of hydrogen-bond donors (Lipinski definition) is 1. The standard InChI is InChI=1S/C19H25N3O3S/c1-6-25-17(23)15-12-26-16(21-15)11-22(19(3,4)5)18(24)20-14-9-7-8-13(2)10-14/h7-10,12H,6,11H2,1-5H3,(H,20,24). The number of carbonyl (C=O) groups is 2. The molecule has 1 heterocycles. The number of thiazole rings is 1. The normalized spacial score (nSPS) is 11.1. The van der Waals surface area contributed by atoms with E-state index in [1.807, 2.05) is 52.0 Å². The van der Waals surface area contributed by atoms with Crippen molar-refractivity contribution in [1.29, 1.82) is 0 Å². The van der Waals surface area contributed by atoms with Crippen LogP contribution in [0.3, 0.4) is 0 Å². The summed E-state index contributed by atoms with van der Waals surface area (Å²) in [4.78, 5) is 30.6. The molecule has 0 aliphatic carbocycles. The molecule has 140 valence electrons. The van der Waals surface area contributed by atoms with Crippen LogP contribution >= 0.6 is 11.3 Å². The summed E-state index contributed by atoms with van der Waals surface area (Å²) in [6, 6.07) is 7.44. The maximum Gasteiger partial charge on any atom is 0.357 e. The van der Waals surface area contributed by atoms with Crippen LogP contribution in [0.5, 0.6) is 0 Å². The number of hydrogen-bond acceptors (Lipinski definition) is 5. The number of nitrogens with zero attached hydrogens (tertiary/aromatic N) is 2. The third kappa shape index (κ3) is 5.29. The highest BCUT2D eigenvalue weighted by atomic mass is 32.1. The van der Waals surface area contributed by atoms with E-state index in [0.29, 0.717) is 18.2 Å². The minimum absolute atomic E-state index is 0.212. The van der Waals surface area contributed by atoms with E-state index in [-0.39, 0.29) is 11.7 Å². The molecule has 2 aromatic rings. The summed E-state index contributed by atoms with van der Waals surface area (Å²) in [6.45, 7) is 10.2. The summed E-state index contributed by atoms with van der Waals surface area (Å²) in [5.74, 6) is -0.443. The van der Waals surface area contributed by atoms with E-state index in [4.69, 9.17) is 4.74 Å². The average Bonchev–Trinajstić information content (AvgIpc) is 3.00. The first kappa shape index (κ1) is 19.9. The number of aromatic nitrogens is 1. The molecule has 0 atom stereocenters. The Morgan fingerprint density at radius 2 is 2.04 bits per heavy atom. The Morgan fingerprint density at radius 1 is 1.31 bits per heavy atom. The molecule has 1 aromatic carbocycles. The second-order valence-corrected chi connectivity index (χ2v) is 7.85. The van der Waals surface area contributed by atoms with Gasteiger partial charge in [0.25, 0.3) is 0 Å². The van der Waals surface area contributed by atoms with Gasteiger partial charge in [0.05, 0.1) is 13.2 Å². The first-order valence-corrected chi connectivity index (χ1v) is 9.35. The summed E-state index contributed by atoms with van der Waals surface area (Å²) in [6.07, 6.45) is 0. The Balaban J connectivity index is 2.15. The van der Waals surface area contributed by atoms with Gasteiger partial charge in [-0.05, 0) is 52.3 Å². The van der Waals surface area contributed by atoms with Gasteiger partial charge in [-0.25, -0.2) is 14.6 Å². The van der Waals surface area contributed by atoms with Crippen LogP contribution < -0.4 is 5.32 Å². The molecule has 0 saturated carbocycles. The second kappa shape index (κ2) is 8.31. The number of nitrogens with one attached hydrogen (secondary N) is 1. The molecule has 6 nitrogen and oxygen atoms in total. The zero-order valence-corrected chi connectivity index (χ0v) is 16.6. The number of anilines is 1. The first-order chi connectivity index (χ1) is 12.2. The molecular weight excluding hydrogens is 350 g/mol. The highest BCUT2D eigenvalue weighted by Gasteiger charge is 2.28. The van der Waals surface area contributed by atoms with E-state index >= 15 is 0 Å². The second-order valence-electron chi connectivity index (χ2n) is 6.90. The molecule has 0 aliphatic heterocycles. The highest BCUT2D eigenvalue weighted by Crippen LogP contribution is 2.22. The van der Waals surface area contributed by atoms with E-state index in [9.17, 15) is 9.59 Å². The molecule has 2 amide bonds. The minimum Gasteiger partial charge on any atom is -0.461 e. The first-order valence-electron chi connectivity index (χ1n) is 8.47. The zero-order chi connectivity index (χ0) is 19.3. The number of carbonyl (C=O) groups excluding carboxylic acids is 2. The average molecular weight is 375 g/mol. The number of ether oxygens (including phenoxy) is 1. The van der Waals surface area contributed by atoms with Crippen molar-refractivity contribution in [1.82, 2.24) is 9.88 Å². The molecule has 2 rings (SSSR count). The van der Waals surface area contributed by atoms with Crippen molar-refractivity contribution in [2.75, 3.05) is 11.9 Å². The Labute approximate surface area is 158 Å². The zero-order valence-electron chi connectivity index (χ0n) is 15.8. The predicted molar refractivity (Wildman–Crippen MR) is 104 cm³/mol. The van der Waals surface area contributed by atoms with Gasteiger partial charge in [-0.2, -0.15) is 0 Å². The van der Waals surface area contributed by atoms with Crippen molar-refractivity contribution < 1.29 is 14.3 Å². The molecule has 0 fully saturated rings. The molecule has 1 aromatic heterocycles. The number of amides is 2. The Bertz CT molecular complexity index is 780. The summed E-state index contributed by atoms with van der Waals surface area (Å²) in [5, 5.41) is 5.27. The predicted octanol–water partition coefficient (Wildman–Crippen LogP) is 4.46. The number of urea groups is 1. The fraction of sp³-hybridized carbons (Fsp3) is 0.421. The van der Waals surface area contributed by atoms with Crippen LogP contribution in [0.2, 0.25) is 0 Å². The van der Waals surface area contributed by atoms with E-state index in [2.05, 4.69) is 10.3 Å². The molecule has 0 radical (unpaired) electrons. The smallest absolute Gasteiger partial charge is 0.357 e. The monoisotopic (exact) mass is 375 g/mol. The summed E-state index contributed by atoms with van der Waals surface area (Å²) in [5.41, 5.74) is 1.68. The molecule has 26 heavy (non-hydrogen) atoms. The van der Waals surface area contributed by atoms with Gasteiger partial charge in [-0.15, -0.1) is 11.3 Å². The molecular formula is C19H25N3O3S. The van der Waals surface area contributed by atoms with Gasteiger partial charge in [0, 0.05) is 16.6 Å². The number of rotatable bonds is 5. The van der Waals surface area contributed by atoms with Crippen LogP contribution in [0.25, 0.3) is 0 Å². The minimum atomic E-state index is -0.443. The fourth-order valence-corrected chi connectivity index (χ4v) is 3.10. The molecule has 7 heteroatoms. The van der Waals surface area contributed by atoms with E-state index in [1.54, 1.807) is 17.2 Å². The Hall–Kier alpha value is -2.41. The quantitative estimate of drug-likeness (QED) is 0.783. The van der Waals surface area contributed by atoms with Gasteiger partial charge in [0.1, 0.15) is 5.01 Å². The lowest BCUT2D eigenvalue weighted by Gasteiger charge is -2.35. The van der Waals surface area contributed by atoms with Crippen LogP contribution in [0.4, 0.5) is 10.5 Å². The lowest BCUT2D eigenvalue weighted by molar-refractivity contribution is 0.0520. The molecule has 0 saturated heterocycles. The SMILES string of the molecule is CCOC(=O)c1csc(CN(C(=O)Nc2cccc(C)c2)C(C)(C)C)n1. The number of aryl methyl sites for hydroxylation is 1. The van der Waals surface area contributed by atoms with Gasteiger partial charge in [-0.1, -0.05) is 12.1 Å². The maximum atomic E-state index is 12.8. The summed E-state index contributed by atoms with van der Waals surface area (Å²) >= 11 is 1.34. The van der Waals surface area contributed by atoms with Crippen molar-refractivity contribution in [2.24, 2.45) is 0 Å². The largest absolute Gasteiger partial charge is 0.461 e. The van der Waals surface area contributed by atoms with Crippen LogP contribution in [0.15, 0.2) is 29.6 Å². The Morgan fingerprint density at radius 3 is 2.65 bits per heavy atom. The number of esters is 1. The summed E-state index contributed by atoms with van der Waals surface area (Å²) < 4.78 is 4.96. The lowest BCUT2D eigenvalue weighted by atomic mass is 10.1. The molecule has 0 aliphatic rings. The van der Waals surface area contributed by atoms with Gasteiger partial charge >= 0.3 is 12.0 Å². The number of benzene rings is 1. The third-order valence-electron chi connectivity index (χ3n) is 3.65. The molecule has 1 N–H and O–H groups in total. The van der Waals surface area contributed by atoms with Crippen LogP contribution in [-0.4, -0.2) is 34.0 Å². The summed E-state index contributed by atoms with van der Waals surface area (Å²) in [7, 11) is 0. The van der Waals surface area contributed by atoms with Crippen LogP contribution in [0.1, 0.15) is 48.8 Å². The highest BCUT2D eigenvalue weighted by molar-refractivity contribution is 7.09. The van der Waals surface area contributed by atoms with Gasteiger partial charge in [-0.3, -0.25) is 0 Å². The topological polar surface area (TPSA) is 71.5 Å². The van der Waals surface area contributed by atoms with Crippen molar-refractivity contribution in [3.63, 3.8) is 0 Å². The molecule has 0 bridgehead atoms. The third-order valence-corrected chi connectivity index (χ3v) is 4.49.